The van der Waals surface area contributed by atoms with E-state index in [1.165, 1.54) is 31.0 Å². The molecule has 0 amide bonds. The summed E-state index contributed by atoms with van der Waals surface area (Å²) in [6.07, 6.45) is 4.59. The van der Waals surface area contributed by atoms with E-state index >= 15 is 0 Å². The van der Waals surface area contributed by atoms with Crippen molar-refractivity contribution in [2.24, 2.45) is 5.41 Å². The third-order valence-corrected chi connectivity index (χ3v) is 5.42. The Kier molecular flexibility index (Phi) is 4.64. The number of hydrogen-bond acceptors (Lipinski definition) is 2. The van der Waals surface area contributed by atoms with Gasteiger partial charge in [0, 0.05) is 5.56 Å². The predicted molar refractivity (Wildman–Crippen MR) is 94.4 cm³/mol. The second-order valence-electron chi connectivity index (χ2n) is 7.53. The summed E-state index contributed by atoms with van der Waals surface area (Å²) < 4.78 is 14.4. The van der Waals surface area contributed by atoms with Gasteiger partial charge < -0.3 is 10.2 Å². The van der Waals surface area contributed by atoms with E-state index < -0.39 is 0 Å². The van der Waals surface area contributed by atoms with Crippen molar-refractivity contribution in [1.82, 2.24) is 0 Å². The summed E-state index contributed by atoms with van der Waals surface area (Å²) in [5, 5.41) is 19.3. The number of aromatic hydroxyl groups is 1. The lowest BCUT2D eigenvalue weighted by molar-refractivity contribution is 0.199. The fraction of sp³-hybridized carbons (Fsp3) is 0.429. The van der Waals surface area contributed by atoms with Crippen LogP contribution in [0.25, 0.3) is 11.1 Å². The summed E-state index contributed by atoms with van der Waals surface area (Å²) in [5.74, 6) is 0.0420. The van der Waals surface area contributed by atoms with Crippen LogP contribution in [0.3, 0.4) is 0 Å². The monoisotopic (exact) mass is 328 g/mol. The highest BCUT2D eigenvalue weighted by Crippen LogP contribution is 2.49. The van der Waals surface area contributed by atoms with Crippen LogP contribution in [0.2, 0.25) is 0 Å². The van der Waals surface area contributed by atoms with E-state index in [0.29, 0.717) is 11.5 Å². The van der Waals surface area contributed by atoms with Gasteiger partial charge in [0.15, 0.2) is 0 Å². The molecular weight excluding hydrogens is 303 g/mol. The average molecular weight is 328 g/mol. The van der Waals surface area contributed by atoms with Gasteiger partial charge in [-0.2, -0.15) is 0 Å². The molecule has 1 atom stereocenters. The van der Waals surface area contributed by atoms with E-state index in [1.807, 2.05) is 18.2 Å². The minimum absolute atomic E-state index is 0.0249. The van der Waals surface area contributed by atoms with E-state index in [2.05, 4.69) is 13.8 Å². The second-order valence-corrected chi connectivity index (χ2v) is 7.53. The molecule has 24 heavy (non-hydrogen) atoms. The zero-order valence-corrected chi connectivity index (χ0v) is 14.3. The lowest BCUT2D eigenvalue weighted by atomic mass is 9.65. The predicted octanol–water partition coefficient (Wildman–Crippen LogP) is 5.37. The number of aliphatic hydroxyl groups is 1. The number of phenolic OH excluding ortho intramolecular Hbond substituents is 1. The van der Waals surface area contributed by atoms with Crippen molar-refractivity contribution in [2.45, 2.75) is 52.1 Å². The number of aliphatic hydroxyl groups excluding tert-OH is 1. The van der Waals surface area contributed by atoms with Crippen LogP contribution in [-0.2, 0) is 6.61 Å². The molecule has 2 aromatic rings. The van der Waals surface area contributed by atoms with Crippen LogP contribution in [0.5, 0.6) is 5.75 Å². The first-order valence-corrected chi connectivity index (χ1v) is 8.65. The molecule has 2 aromatic carbocycles. The molecule has 0 heterocycles. The van der Waals surface area contributed by atoms with Crippen molar-refractivity contribution in [1.29, 1.82) is 0 Å². The van der Waals surface area contributed by atoms with Crippen LogP contribution < -0.4 is 0 Å². The second kappa shape index (κ2) is 6.56. The third kappa shape index (κ3) is 3.18. The zero-order chi connectivity index (χ0) is 17.3. The smallest absolute Gasteiger partial charge is 0.131 e. The number of benzene rings is 2. The molecule has 2 N–H and O–H groups in total. The van der Waals surface area contributed by atoms with Gasteiger partial charge in [0.25, 0.3) is 0 Å². The van der Waals surface area contributed by atoms with Crippen LogP contribution in [0, 0.1) is 11.2 Å². The van der Waals surface area contributed by atoms with Gasteiger partial charge in [-0.3, -0.25) is 0 Å². The summed E-state index contributed by atoms with van der Waals surface area (Å²) in [6, 6.07) is 9.88. The standard InChI is InChI=1S/C21H25FO2/c1-21(2)10-4-3-5-19(21)17-11-14(13-23)6-8-16(17)18-12-15(24)7-9-20(18)22/h6-9,11-12,19,23-24H,3-5,10,13H2,1-2H3/t19-/m1/s1. The minimum Gasteiger partial charge on any atom is -0.508 e. The number of phenols is 1. The third-order valence-electron chi connectivity index (χ3n) is 5.42. The maximum absolute atomic E-state index is 14.4. The highest BCUT2D eigenvalue weighted by Gasteiger charge is 2.35. The molecule has 3 rings (SSSR count). The first-order chi connectivity index (χ1) is 11.4. The fourth-order valence-corrected chi connectivity index (χ4v) is 4.03. The lowest BCUT2D eigenvalue weighted by Crippen LogP contribution is -2.26. The molecule has 3 heteroatoms. The first-order valence-electron chi connectivity index (χ1n) is 8.65. The maximum Gasteiger partial charge on any atom is 0.131 e. The molecule has 0 spiro atoms. The molecule has 0 radical (unpaired) electrons. The van der Waals surface area contributed by atoms with Gasteiger partial charge in [0.2, 0.25) is 0 Å². The summed E-state index contributed by atoms with van der Waals surface area (Å²) in [6.45, 7) is 4.51. The van der Waals surface area contributed by atoms with Crippen molar-refractivity contribution in [3.05, 3.63) is 53.3 Å². The van der Waals surface area contributed by atoms with Crippen LogP contribution in [0.4, 0.5) is 4.39 Å². The summed E-state index contributed by atoms with van der Waals surface area (Å²) in [4.78, 5) is 0. The molecule has 0 aliphatic heterocycles. The van der Waals surface area contributed by atoms with Crippen molar-refractivity contribution in [2.75, 3.05) is 0 Å². The Morgan fingerprint density at radius 1 is 1.08 bits per heavy atom. The normalized spacial score (nSPS) is 20.1. The Balaban J connectivity index is 2.18. The van der Waals surface area contributed by atoms with Crippen LogP contribution >= 0.6 is 0 Å². The summed E-state index contributed by atoms with van der Waals surface area (Å²) >= 11 is 0. The van der Waals surface area contributed by atoms with E-state index in [-0.39, 0.29) is 23.6 Å². The SMILES string of the molecule is CC1(C)CCCC[C@@H]1c1cc(CO)ccc1-c1cc(O)ccc1F. The molecule has 1 aliphatic carbocycles. The van der Waals surface area contributed by atoms with Crippen molar-refractivity contribution in [3.8, 4) is 16.9 Å². The molecule has 0 saturated heterocycles. The molecular formula is C21H25FO2. The minimum atomic E-state index is -0.334. The Labute approximate surface area is 143 Å². The molecule has 1 fully saturated rings. The lowest BCUT2D eigenvalue weighted by Gasteiger charge is -2.40. The van der Waals surface area contributed by atoms with Crippen LogP contribution in [0.15, 0.2) is 36.4 Å². The van der Waals surface area contributed by atoms with Gasteiger partial charge in [-0.25, -0.2) is 4.39 Å². The Bertz CT molecular complexity index is 737. The van der Waals surface area contributed by atoms with E-state index in [9.17, 15) is 14.6 Å². The van der Waals surface area contributed by atoms with E-state index in [4.69, 9.17) is 0 Å². The van der Waals surface area contributed by atoms with Gasteiger partial charge in [-0.05, 0) is 59.1 Å². The van der Waals surface area contributed by atoms with Crippen molar-refractivity contribution >= 4 is 0 Å². The van der Waals surface area contributed by atoms with Crippen molar-refractivity contribution in [3.63, 3.8) is 0 Å². The van der Waals surface area contributed by atoms with Gasteiger partial charge in [0.05, 0.1) is 6.61 Å². The van der Waals surface area contributed by atoms with E-state index in [0.717, 1.165) is 29.5 Å². The molecule has 1 aliphatic rings. The first kappa shape index (κ1) is 17.0. The quantitative estimate of drug-likeness (QED) is 0.794. The summed E-state index contributed by atoms with van der Waals surface area (Å²) in [7, 11) is 0. The molecule has 2 nitrogen and oxygen atoms in total. The van der Waals surface area contributed by atoms with E-state index in [1.54, 1.807) is 0 Å². The number of hydrogen-bond donors (Lipinski definition) is 2. The molecule has 0 bridgehead atoms. The molecule has 128 valence electrons. The Morgan fingerprint density at radius 2 is 1.88 bits per heavy atom. The topological polar surface area (TPSA) is 40.5 Å². The zero-order valence-electron chi connectivity index (χ0n) is 14.3. The fourth-order valence-electron chi connectivity index (χ4n) is 4.03. The van der Waals surface area contributed by atoms with Gasteiger partial charge in [-0.1, -0.05) is 44.9 Å². The average Bonchev–Trinajstić information content (AvgIpc) is 2.56. The van der Waals surface area contributed by atoms with Crippen LogP contribution in [-0.4, -0.2) is 10.2 Å². The number of rotatable bonds is 3. The summed E-state index contributed by atoms with van der Waals surface area (Å²) in [5.41, 5.74) is 3.30. The van der Waals surface area contributed by atoms with Gasteiger partial charge in [-0.15, -0.1) is 0 Å². The van der Waals surface area contributed by atoms with Gasteiger partial charge in [0.1, 0.15) is 11.6 Å². The largest absolute Gasteiger partial charge is 0.508 e. The van der Waals surface area contributed by atoms with Gasteiger partial charge >= 0.3 is 0 Å². The Hall–Kier alpha value is -1.87. The molecule has 0 aromatic heterocycles. The maximum atomic E-state index is 14.4. The highest BCUT2D eigenvalue weighted by atomic mass is 19.1. The van der Waals surface area contributed by atoms with Crippen LogP contribution in [0.1, 0.15) is 56.6 Å². The molecule has 1 saturated carbocycles. The Morgan fingerprint density at radius 3 is 2.58 bits per heavy atom. The number of halogens is 1. The van der Waals surface area contributed by atoms with Crippen molar-refractivity contribution < 1.29 is 14.6 Å². The highest BCUT2D eigenvalue weighted by molar-refractivity contribution is 5.70. The molecule has 0 unspecified atom stereocenters.